The van der Waals surface area contributed by atoms with E-state index in [0.29, 0.717) is 18.5 Å². The van der Waals surface area contributed by atoms with Gasteiger partial charge in [0, 0.05) is 30.3 Å². The Morgan fingerprint density at radius 1 is 0.788 bits per heavy atom. The minimum absolute atomic E-state index is 0. The first-order valence-corrected chi connectivity index (χ1v) is 19.8. The maximum absolute atomic E-state index is 11.5. The van der Waals surface area contributed by atoms with Crippen molar-refractivity contribution in [3.8, 4) is 11.1 Å². The van der Waals surface area contributed by atoms with E-state index in [-0.39, 0.29) is 45.0 Å². The van der Waals surface area contributed by atoms with Gasteiger partial charge in [0.05, 0.1) is 5.92 Å². The fourth-order valence-electron chi connectivity index (χ4n) is 4.86. The smallest absolute Gasteiger partial charge is 0.308 e. The maximum atomic E-state index is 11.5. The lowest BCUT2D eigenvalue weighted by atomic mass is 9.84. The number of nitrogens with one attached hydrogen (secondary N) is 1. The number of fused-ring (bicyclic) bond motifs is 3. The molecule has 1 aliphatic heterocycles. The quantitative estimate of drug-likeness (QED) is 0.147. The van der Waals surface area contributed by atoms with Gasteiger partial charge in [-0.3, -0.25) is 4.79 Å². The van der Waals surface area contributed by atoms with Crippen LogP contribution < -0.4 is 4.72 Å². The third-order valence-electron chi connectivity index (χ3n) is 8.59. The molecule has 0 aromatic heterocycles. The average molecular weight is 746 g/mol. The number of carbonyl (C=O) groups is 1. The first-order valence-electron chi connectivity index (χ1n) is 18.3. The van der Waals surface area contributed by atoms with E-state index in [2.05, 4.69) is 94.1 Å². The maximum Gasteiger partial charge on any atom is 0.308 e. The van der Waals surface area contributed by atoms with Gasteiger partial charge in [0.25, 0.3) is 10.2 Å². The zero-order valence-corrected chi connectivity index (χ0v) is 33.7. The van der Waals surface area contributed by atoms with Crippen molar-refractivity contribution in [1.82, 2.24) is 9.03 Å². The number of oxime groups is 1. The highest BCUT2D eigenvalue weighted by Crippen LogP contribution is 2.36. The molecule has 52 heavy (non-hydrogen) atoms. The summed E-state index contributed by atoms with van der Waals surface area (Å²) in [5.74, 6) is 0.778. The second-order valence-corrected chi connectivity index (χ2v) is 16.8. The summed E-state index contributed by atoms with van der Waals surface area (Å²) in [5, 5.41) is 4.32. The van der Waals surface area contributed by atoms with Crippen molar-refractivity contribution in [2.24, 2.45) is 22.4 Å². The van der Waals surface area contributed by atoms with Crippen LogP contribution >= 0.6 is 0 Å². The number of nitrogens with zero attached hydrogens (tertiary/aromatic N) is 2. The Labute approximate surface area is 320 Å². The Bertz CT molecular complexity index is 1370. The zero-order chi connectivity index (χ0) is 38.1. The lowest BCUT2D eigenvalue weighted by Gasteiger charge is -2.22. The number of esters is 1. The summed E-state index contributed by atoms with van der Waals surface area (Å²) in [6, 6.07) is 16.6. The van der Waals surface area contributed by atoms with Crippen molar-refractivity contribution in [2.75, 3.05) is 13.1 Å². The Hall–Kier alpha value is -3.01. The molecule has 2 aromatic carbocycles. The largest absolute Gasteiger partial charge is 0.462 e. The van der Waals surface area contributed by atoms with Crippen LogP contribution in [-0.4, -0.2) is 55.7 Å². The van der Waals surface area contributed by atoms with E-state index in [1.54, 1.807) is 0 Å². The molecule has 0 radical (unpaired) electrons. The number of hydrogen-bond donors (Lipinski definition) is 1. The first kappa shape index (κ1) is 51.1. The van der Waals surface area contributed by atoms with E-state index in [0.717, 1.165) is 48.4 Å². The summed E-state index contributed by atoms with van der Waals surface area (Å²) in [4.78, 5) is 16.5. The minimum Gasteiger partial charge on any atom is -0.462 e. The van der Waals surface area contributed by atoms with Crippen LogP contribution in [-0.2, 0) is 24.6 Å². The topological polar surface area (TPSA) is 97.3 Å². The van der Waals surface area contributed by atoms with Gasteiger partial charge in [-0.1, -0.05) is 117 Å². The number of hydrogen-bond acceptors (Lipinski definition) is 6. The normalized spacial score (nSPS) is 14.9. The van der Waals surface area contributed by atoms with E-state index in [9.17, 15) is 13.2 Å². The highest BCUT2D eigenvalue weighted by Gasteiger charge is 2.26. The van der Waals surface area contributed by atoms with E-state index in [4.69, 9.17) is 9.57 Å². The molecule has 298 valence electrons. The number of benzene rings is 2. The molecule has 0 bridgehead atoms. The molecule has 3 aliphatic rings. The van der Waals surface area contributed by atoms with E-state index in [1.165, 1.54) is 28.3 Å². The van der Waals surface area contributed by atoms with Crippen LogP contribution in [0.1, 0.15) is 141 Å². The molecule has 1 saturated heterocycles. The Kier molecular flexibility index (Phi) is 24.7. The summed E-state index contributed by atoms with van der Waals surface area (Å²) in [5.41, 5.74) is 6.21. The van der Waals surface area contributed by atoms with Crippen LogP contribution in [0.25, 0.3) is 11.1 Å². The summed E-state index contributed by atoms with van der Waals surface area (Å²) < 4.78 is 32.2. The minimum atomic E-state index is -3.18. The Morgan fingerprint density at radius 2 is 1.19 bits per heavy atom. The second kappa shape index (κ2) is 25.1. The predicted molar refractivity (Wildman–Crippen MR) is 224 cm³/mol. The lowest BCUT2D eigenvalue weighted by molar-refractivity contribution is -0.152. The summed E-state index contributed by atoms with van der Waals surface area (Å²) >= 11 is 0. The highest BCUT2D eigenvalue weighted by atomic mass is 32.2. The van der Waals surface area contributed by atoms with Crippen LogP contribution in [0.15, 0.2) is 66.8 Å². The molecule has 1 N–H and O–H groups in total. The van der Waals surface area contributed by atoms with Crippen LogP contribution in [0, 0.1) is 17.3 Å². The molecular weight excluding hydrogens is 671 g/mol. The molecule has 0 amide bonds. The molecular formula is C43H75N3O5S. The Morgan fingerprint density at radius 3 is 1.54 bits per heavy atom. The van der Waals surface area contributed by atoms with Crippen LogP contribution in [0.4, 0.5) is 0 Å². The molecule has 1 saturated carbocycles. The molecule has 0 spiro atoms. The molecule has 9 heteroatoms. The summed E-state index contributed by atoms with van der Waals surface area (Å²) in [6.45, 7) is 30.0. The zero-order valence-electron chi connectivity index (χ0n) is 32.9. The van der Waals surface area contributed by atoms with Gasteiger partial charge < -0.3 is 9.57 Å². The molecule has 0 unspecified atom stereocenters. The van der Waals surface area contributed by atoms with Crippen molar-refractivity contribution in [3.05, 3.63) is 72.8 Å². The average Bonchev–Trinajstić information content (AvgIpc) is 3.83. The van der Waals surface area contributed by atoms with Gasteiger partial charge >= 0.3 is 5.97 Å². The molecule has 5 rings (SSSR count). The molecule has 0 atom stereocenters. The van der Waals surface area contributed by atoms with E-state index >= 15 is 0 Å². The number of ether oxygens (including phenoxy) is 1. The molecule has 1 heterocycles. The van der Waals surface area contributed by atoms with Crippen molar-refractivity contribution < 1.29 is 22.8 Å². The van der Waals surface area contributed by atoms with Gasteiger partial charge in [-0.05, 0) is 88.7 Å². The van der Waals surface area contributed by atoms with Crippen LogP contribution in [0.5, 0.6) is 0 Å². The van der Waals surface area contributed by atoms with Crippen LogP contribution in [0.3, 0.4) is 0 Å². The fourth-order valence-corrected chi connectivity index (χ4v) is 6.34. The van der Waals surface area contributed by atoms with Crippen molar-refractivity contribution in [1.29, 1.82) is 0 Å². The standard InChI is InChI=1S/C16H15NO.C9H16O2.C7H16N2O2S.C7H16.C2H4.2CH4/c1-11(2)18-17-16-14-9-5-3-7-12(14)13-8-4-6-10-15(13)16;1-7(2)9(10)11-8-5-3-4-6-8;1-7(2)8-12(10,11)9-5-3-4-6-9;1-6(2)7(3,4)5;1-2;;/h3-11H,1-2H3;7-8H,3-6H2,1-2H3;7-8H,3-6H2,1-2H3;6H,1-5H3;1-2H2;2*1H4. The molecule has 2 aliphatic carbocycles. The van der Waals surface area contributed by atoms with E-state index < -0.39 is 10.2 Å². The van der Waals surface area contributed by atoms with Crippen LogP contribution in [0.2, 0.25) is 0 Å². The second-order valence-electron chi connectivity index (χ2n) is 15.1. The molecule has 8 nitrogen and oxygen atoms in total. The number of carbonyl (C=O) groups excluding carboxylic acids is 1. The van der Waals surface area contributed by atoms with Gasteiger partial charge in [0.2, 0.25) is 0 Å². The third kappa shape index (κ3) is 17.7. The Balaban J connectivity index is 0. The highest BCUT2D eigenvalue weighted by molar-refractivity contribution is 7.87. The number of rotatable bonds is 7. The fraction of sp³-hybridized carbons (Fsp3) is 0.628. The lowest BCUT2D eigenvalue weighted by Crippen LogP contribution is -2.41. The third-order valence-corrected chi connectivity index (χ3v) is 10.4. The first-order chi connectivity index (χ1) is 23.4. The van der Waals surface area contributed by atoms with Gasteiger partial charge in [-0.25, -0.2) is 0 Å². The summed E-state index contributed by atoms with van der Waals surface area (Å²) in [7, 11) is -3.18. The summed E-state index contributed by atoms with van der Waals surface area (Å²) in [6.07, 6.45) is 6.86. The SMILES string of the molecule is C.C.C=C.CC(C)C(=O)OC1CCCC1.CC(C)C(C)(C)C.CC(C)NS(=O)(=O)N1CCCC1.CC(C)ON=C1c2ccccc2-c2ccccc21. The van der Waals surface area contributed by atoms with Crippen molar-refractivity contribution >= 4 is 21.9 Å². The van der Waals surface area contributed by atoms with Crippen molar-refractivity contribution in [2.45, 2.75) is 148 Å². The van der Waals surface area contributed by atoms with Gasteiger partial charge in [0.1, 0.15) is 17.9 Å². The predicted octanol–water partition coefficient (Wildman–Crippen LogP) is 11.1. The van der Waals surface area contributed by atoms with Gasteiger partial charge in [0.15, 0.2) is 0 Å². The molecule has 2 fully saturated rings. The van der Waals surface area contributed by atoms with Gasteiger partial charge in [-0.15, -0.1) is 13.2 Å². The molecule has 2 aromatic rings. The monoisotopic (exact) mass is 746 g/mol. The van der Waals surface area contributed by atoms with E-state index in [1.807, 2.05) is 53.7 Å². The van der Waals surface area contributed by atoms with Crippen molar-refractivity contribution in [3.63, 3.8) is 0 Å². The van der Waals surface area contributed by atoms with Gasteiger partial charge in [-0.2, -0.15) is 17.4 Å².